The molecule has 1 unspecified atom stereocenters. The van der Waals surface area contributed by atoms with Crippen LogP contribution in [0.3, 0.4) is 0 Å². The Kier molecular flexibility index (Phi) is 4.46. The van der Waals surface area contributed by atoms with Crippen LogP contribution >= 0.6 is 11.6 Å². The first-order valence-corrected chi connectivity index (χ1v) is 6.60. The maximum atomic E-state index is 9.73. The number of halogens is 1. The summed E-state index contributed by atoms with van der Waals surface area (Å²) < 4.78 is 5.78. The number of ether oxygens (including phenoxy) is 1. The van der Waals surface area contributed by atoms with E-state index < -0.39 is 6.10 Å². The summed E-state index contributed by atoms with van der Waals surface area (Å²) in [4.78, 5) is 0. The average Bonchev–Trinajstić information content (AvgIpc) is 2.37. The molecule has 0 radical (unpaired) electrons. The third-order valence-electron chi connectivity index (χ3n) is 2.91. The molecule has 0 aromatic heterocycles. The number of aryl methyl sites for hydroxylation is 1. The van der Waals surface area contributed by atoms with Crippen LogP contribution in [0.4, 0.5) is 0 Å². The van der Waals surface area contributed by atoms with Crippen molar-refractivity contribution in [3.63, 3.8) is 0 Å². The molecule has 0 fully saturated rings. The van der Waals surface area contributed by atoms with Crippen molar-refractivity contribution in [2.75, 3.05) is 0 Å². The molecule has 2 nitrogen and oxygen atoms in total. The molecule has 2 aromatic carbocycles. The zero-order valence-corrected chi connectivity index (χ0v) is 11.8. The van der Waals surface area contributed by atoms with E-state index in [1.807, 2.05) is 37.3 Å². The molecule has 1 atom stereocenters. The van der Waals surface area contributed by atoms with E-state index in [1.165, 1.54) is 5.56 Å². The van der Waals surface area contributed by atoms with Crippen molar-refractivity contribution in [3.8, 4) is 5.75 Å². The highest BCUT2D eigenvalue weighted by Crippen LogP contribution is 2.33. The largest absolute Gasteiger partial charge is 0.487 e. The molecule has 0 spiro atoms. The summed E-state index contributed by atoms with van der Waals surface area (Å²) >= 11 is 6.13. The van der Waals surface area contributed by atoms with Crippen molar-refractivity contribution >= 4 is 11.6 Å². The highest BCUT2D eigenvalue weighted by molar-refractivity contribution is 6.32. The second kappa shape index (κ2) is 6.09. The van der Waals surface area contributed by atoms with Gasteiger partial charge in [0.15, 0.2) is 0 Å². The molecule has 0 amide bonds. The first kappa shape index (κ1) is 13.9. The van der Waals surface area contributed by atoms with Crippen LogP contribution in [0.2, 0.25) is 5.02 Å². The quantitative estimate of drug-likeness (QED) is 0.903. The minimum absolute atomic E-state index is 0.436. The van der Waals surface area contributed by atoms with Gasteiger partial charge in [-0.1, -0.05) is 53.6 Å². The Balaban J connectivity index is 2.19. The monoisotopic (exact) mass is 276 g/mol. The van der Waals surface area contributed by atoms with Crippen molar-refractivity contribution in [2.45, 2.75) is 26.6 Å². The van der Waals surface area contributed by atoms with Gasteiger partial charge in [-0.2, -0.15) is 0 Å². The van der Waals surface area contributed by atoms with Gasteiger partial charge in [0, 0.05) is 5.56 Å². The van der Waals surface area contributed by atoms with Crippen LogP contribution in [-0.2, 0) is 6.61 Å². The van der Waals surface area contributed by atoms with Crippen molar-refractivity contribution in [3.05, 3.63) is 64.2 Å². The van der Waals surface area contributed by atoms with Crippen LogP contribution < -0.4 is 4.74 Å². The maximum Gasteiger partial charge on any atom is 0.144 e. The molecule has 0 aliphatic rings. The Morgan fingerprint density at radius 1 is 1.21 bits per heavy atom. The van der Waals surface area contributed by atoms with E-state index in [-0.39, 0.29) is 0 Å². The summed E-state index contributed by atoms with van der Waals surface area (Å²) in [6, 6.07) is 13.5. The van der Waals surface area contributed by atoms with Crippen molar-refractivity contribution in [1.82, 2.24) is 0 Å². The lowest BCUT2D eigenvalue weighted by atomic mass is 10.1. The number of aliphatic hydroxyl groups excluding tert-OH is 1. The minimum Gasteiger partial charge on any atom is -0.487 e. The van der Waals surface area contributed by atoms with Crippen LogP contribution in [0.15, 0.2) is 42.5 Å². The number of aliphatic hydroxyl groups is 1. The summed E-state index contributed by atoms with van der Waals surface area (Å²) in [6.45, 7) is 4.18. The van der Waals surface area contributed by atoms with Gasteiger partial charge in [0.05, 0.1) is 11.1 Å². The smallest absolute Gasteiger partial charge is 0.144 e. The fraction of sp³-hybridized carbons (Fsp3) is 0.250. The Morgan fingerprint density at radius 2 is 1.95 bits per heavy atom. The van der Waals surface area contributed by atoms with Crippen LogP contribution in [0.25, 0.3) is 0 Å². The number of para-hydroxylation sites is 1. The minimum atomic E-state index is -0.605. The first-order chi connectivity index (χ1) is 9.08. The number of hydrogen-bond acceptors (Lipinski definition) is 2. The molecular weight excluding hydrogens is 260 g/mol. The van der Waals surface area contributed by atoms with Gasteiger partial charge in [-0.05, 0) is 25.5 Å². The SMILES string of the molecule is Cc1cccc(COc2c(Cl)cccc2C(C)O)c1. The summed E-state index contributed by atoms with van der Waals surface area (Å²) in [5, 5.41) is 10.3. The van der Waals surface area contributed by atoms with Crippen molar-refractivity contribution < 1.29 is 9.84 Å². The van der Waals surface area contributed by atoms with Gasteiger partial charge in [0.2, 0.25) is 0 Å². The molecular formula is C16H17ClO2. The highest BCUT2D eigenvalue weighted by atomic mass is 35.5. The molecule has 2 aromatic rings. The molecule has 0 bridgehead atoms. The third kappa shape index (κ3) is 3.49. The normalized spacial score (nSPS) is 12.2. The predicted octanol–water partition coefficient (Wildman–Crippen LogP) is 4.28. The summed E-state index contributed by atoms with van der Waals surface area (Å²) in [5.41, 5.74) is 2.98. The lowest BCUT2D eigenvalue weighted by Gasteiger charge is -2.15. The summed E-state index contributed by atoms with van der Waals surface area (Å²) in [6.07, 6.45) is -0.605. The highest BCUT2D eigenvalue weighted by Gasteiger charge is 2.12. The Morgan fingerprint density at radius 3 is 2.63 bits per heavy atom. The van der Waals surface area contributed by atoms with E-state index in [0.29, 0.717) is 22.9 Å². The second-order valence-electron chi connectivity index (χ2n) is 4.61. The Bertz CT molecular complexity index is 564. The molecule has 1 N–H and O–H groups in total. The molecule has 0 saturated carbocycles. The van der Waals surface area contributed by atoms with Gasteiger partial charge in [0.25, 0.3) is 0 Å². The van der Waals surface area contributed by atoms with E-state index >= 15 is 0 Å². The molecule has 100 valence electrons. The van der Waals surface area contributed by atoms with Crippen molar-refractivity contribution in [2.24, 2.45) is 0 Å². The van der Waals surface area contributed by atoms with Gasteiger partial charge in [-0.3, -0.25) is 0 Å². The van der Waals surface area contributed by atoms with Crippen molar-refractivity contribution in [1.29, 1.82) is 0 Å². The first-order valence-electron chi connectivity index (χ1n) is 6.22. The lowest BCUT2D eigenvalue weighted by Crippen LogP contribution is -2.01. The number of rotatable bonds is 4. The molecule has 0 aliphatic heterocycles. The zero-order chi connectivity index (χ0) is 13.8. The second-order valence-corrected chi connectivity index (χ2v) is 5.02. The predicted molar refractivity (Wildman–Crippen MR) is 77.6 cm³/mol. The van der Waals surface area contributed by atoms with E-state index in [2.05, 4.69) is 6.07 Å². The molecule has 0 aliphatic carbocycles. The molecule has 2 rings (SSSR count). The summed E-state index contributed by atoms with van der Waals surface area (Å²) in [5.74, 6) is 0.556. The Labute approximate surface area is 118 Å². The van der Waals surface area contributed by atoms with Crippen LogP contribution in [0.1, 0.15) is 29.7 Å². The molecule has 3 heteroatoms. The standard InChI is InChI=1S/C16H17ClO2/c1-11-5-3-6-13(9-11)10-19-16-14(12(2)18)7-4-8-15(16)17/h3-9,12,18H,10H2,1-2H3. The molecule has 19 heavy (non-hydrogen) atoms. The van der Waals surface area contributed by atoms with Gasteiger partial charge < -0.3 is 9.84 Å². The fourth-order valence-corrected chi connectivity index (χ4v) is 2.20. The van der Waals surface area contributed by atoms with Crippen LogP contribution in [0, 0.1) is 6.92 Å². The maximum absolute atomic E-state index is 9.73. The van der Waals surface area contributed by atoms with E-state index in [4.69, 9.17) is 16.3 Å². The average molecular weight is 277 g/mol. The number of hydrogen-bond donors (Lipinski definition) is 1. The third-order valence-corrected chi connectivity index (χ3v) is 3.21. The van der Waals surface area contributed by atoms with Crippen LogP contribution in [-0.4, -0.2) is 5.11 Å². The molecule has 0 heterocycles. The Hall–Kier alpha value is -1.51. The van der Waals surface area contributed by atoms with E-state index in [0.717, 1.165) is 5.56 Å². The van der Waals surface area contributed by atoms with Gasteiger partial charge >= 0.3 is 0 Å². The fourth-order valence-electron chi connectivity index (χ4n) is 1.96. The topological polar surface area (TPSA) is 29.5 Å². The molecule has 0 saturated heterocycles. The van der Waals surface area contributed by atoms with Crippen LogP contribution in [0.5, 0.6) is 5.75 Å². The van der Waals surface area contributed by atoms with E-state index in [9.17, 15) is 5.11 Å². The van der Waals surface area contributed by atoms with E-state index in [1.54, 1.807) is 13.0 Å². The zero-order valence-electron chi connectivity index (χ0n) is 11.1. The lowest BCUT2D eigenvalue weighted by molar-refractivity contribution is 0.190. The summed E-state index contributed by atoms with van der Waals surface area (Å²) in [7, 11) is 0. The van der Waals surface area contributed by atoms with Gasteiger partial charge in [0.1, 0.15) is 12.4 Å². The van der Waals surface area contributed by atoms with Gasteiger partial charge in [-0.25, -0.2) is 0 Å². The van der Waals surface area contributed by atoms with Gasteiger partial charge in [-0.15, -0.1) is 0 Å². The number of benzene rings is 2.